The van der Waals surface area contributed by atoms with E-state index in [1.165, 1.54) is 18.2 Å². The van der Waals surface area contributed by atoms with E-state index >= 15 is 0 Å². The highest BCUT2D eigenvalue weighted by Gasteiger charge is 2.18. The summed E-state index contributed by atoms with van der Waals surface area (Å²) >= 11 is 5.85. The van der Waals surface area contributed by atoms with E-state index in [1.54, 1.807) is 18.2 Å². The Hall–Kier alpha value is -2.60. The molecule has 0 heterocycles. The predicted molar refractivity (Wildman–Crippen MR) is 80.4 cm³/mol. The van der Waals surface area contributed by atoms with Crippen molar-refractivity contribution in [1.29, 1.82) is 5.41 Å². The molecule has 0 bridgehead atoms. The molecule has 0 unspecified atom stereocenters. The molecule has 0 spiro atoms. The van der Waals surface area contributed by atoms with Gasteiger partial charge in [0.05, 0.1) is 10.5 Å². The molecule has 0 radical (unpaired) electrons. The number of rotatable bonds is 4. The molecular weight excluding hydrogens is 294 g/mol. The number of aryl methyl sites for hydroxylation is 1. The molecule has 6 nitrogen and oxygen atoms in total. The number of benzene rings is 2. The largest absolute Gasteiger partial charge is 0.449 e. The highest BCUT2D eigenvalue weighted by Crippen LogP contribution is 2.35. The number of nitro groups is 1. The molecule has 108 valence electrons. The lowest BCUT2D eigenvalue weighted by atomic mass is 10.1. The Kier molecular flexibility index (Phi) is 4.09. The number of nitrogens with two attached hydrogens (primary N) is 1. The highest BCUT2D eigenvalue weighted by atomic mass is 35.5. The van der Waals surface area contributed by atoms with Gasteiger partial charge in [0, 0.05) is 17.2 Å². The van der Waals surface area contributed by atoms with Gasteiger partial charge < -0.3 is 10.5 Å². The van der Waals surface area contributed by atoms with Crippen molar-refractivity contribution in [3.8, 4) is 11.5 Å². The second-order valence-electron chi connectivity index (χ2n) is 4.38. The maximum absolute atomic E-state index is 11.0. The molecule has 0 saturated carbocycles. The monoisotopic (exact) mass is 305 g/mol. The van der Waals surface area contributed by atoms with E-state index in [2.05, 4.69) is 0 Å². The van der Waals surface area contributed by atoms with Crippen molar-refractivity contribution in [1.82, 2.24) is 0 Å². The summed E-state index contributed by atoms with van der Waals surface area (Å²) in [5, 5.41) is 18.9. The van der Waals surface area contributed by atoms with Gasteiger partial charge in [-0.15, -0.1) is 0 Å². The number of hydrogen-bond donors (Lipinski definition) is 2. The zero-order valence-electron chi connectivity index (χ0n) is 11.1. The molecule has 0 aliphatic rings. The number of nitrogen functional groups attached to an aromatic ring is 1. The molecule has 2 aromatic rings. The minimum atomic E-state index is -0.562. The summed E-state index contributed by atoms with van der Waals surface area (Å²) in [5.41, 5.74) is 6.56. The molecule has 0 saturated heterocycles. The van der Waals surface area contributed by atoms with Gasteiger partial charge in [-0.05, 0) is 25.1 Å². The van der Waals surface area contributed by atoms with E-state index in [0.29, 0.717) is 10.6 Å². The summed E-state index contributed by atoms with van der Waals surface area (Å²) in [5.74, 6) is 0.0794. The van der Waals surface area contributed by atoms with Gasteiger partial charge in [-0.2, -0.15) is 0 Å². The average Bonchev–Trinajstić information content (AvgIpc) is 2.40. The van der Waals surface area contributed by atoms with Gasteiger partial charge in [-0.3, -0.25) is 15.5 Å². The zero-order valence-corrected chi connectivity index (χ0v) is 11.8. The van der Waals surface area contributed by atoms with Crippen molar-refractivity contribution in [3.05, 3.63) is 62.7 Å². The van der Waals surface area contributed by atoms with Gasteiger partial charge in [-0.1, -0.05) is 23.2 Å². The smallest absolute Gasteiger partial charge is 0.311 e. The Morgan fingerprint density at radius 2 is 2.00 bits per heavy atom. The Morgan fingerprint density at radius 3 is 2.62 bits per heavy atom. The Bertz CT molecular complexity index is 731. The normalized spacial score (nSPS) is 10.2. The van der Waals surface area contributed by atoms with Gasteiger partial charge in [0.1, 0.15) is 11.6 Å². The molecule has 0 aromatic heterocycles. The molecule has 0 aliphatic heterocycles. The fourth-order valence-electron chi connectivity index (χ4n) is 1.78. The molecule has 21 heavy (non-hydrogen) atoms. The van der Waals surface area contributed by atoms with Gasteiger partial charge in [0.25, 0.3) is 0 Å². The van der Waals surface area contributed by atoms with Crippen LogP contribution in [0.25, 0.3) is 0 Å². The molecule has 7 heteroatoms. The first kappa shape index (κ1) is 14.8. The summed E-state index contributed by atoms with van der Waals surface area (Å²) in [4.78, 5) is 10.4. The van der Waals surface area contributed by atoms with Crippen molar-refractivity contribution < 1.29 is 9.66 Å². The average molecular weight is 306 g/mol. The third-order valence-corrected chi connectivity index (χ3v) is 3.00. The van der Waals surface area contributed by atoms with Gasteiger partial charge in [0.2, 0.25) is 5.75 Å². The van der Waals surface area contributed by atoms with Crippen LogP contribution in [0, 0.1) is 22.4 Å². The van der Waals surface area contributed by atoms with E-state index in [1.807, 2.05) is 6.92 Å². The SMILES string of the molecule is Cc1ccc(Oc2cc(Cl)ccc2[N+](=O)[O-])c(C(=N)N)c1. The molecule has 3 N–H and O–H groups in total. The second-order valence-corrected chi connectivity index (χ2v) is 4.82. The lowest BCUT2D eigenvalue weighted by Crippen LogP contribution is -2.12. The number of halogens is 1. The first-order valence-electron chi connectivity index (χ1n) is 5.95. The molecule has 0 aliphatic carbocycles. The van der Waals surface area contributed by atoms with E-state index in [-0.39, 0.29) is 23.0 Å². The number of amidine groups is 1. The first-order chi connectivity index (χ1) is 9.88. The summed E-state index contributed by atoms with van der Waals surface area (Å²) in [6.45, 7) is 1.85. The number of nitro benzene ring substituents is 1. The van der Waals surface area contributed by atoms with Crippen LogP contribution in [0.15, 0.2) is 36.4 Å². The number of nitrogens with one attached hydrogen (secondary N) is 1. The second kappa shape index (κ2) is 5.80. The van der Waals surface area contributed by atoms with Gasteiger partial charge in [-0.25, -0.2) is 0 Å². The third-order valence-electron chi connectivity index (χ3n) is 2.76. The lowest BCUT2D eigenvalue weighted by molar-refractivity contribution is -0.385. The van der Waals surface area contributed by atoms with Crippen molar-refractivity contribution in [2.45, 2.75) is 6.92 Å². The number of ether oxygens (including phenoxy) is 1. The van der Waals surface area contributed by atoms with E-state index in [9.17, 15) is 10.1 Å². The van der Waals surface area contributed by atoms with Crippen LogP contribution in [0.1, 0.15) is 11.1 Å². The Labute approximate surface area is 125 Å². The predicted octanol–water partition coefficient (Wildman–Crippen LogP) is 3.63. The topological polar surface area (TPSA) is 102 Å². The van der Waals surface area contributed by atoms with Gasteiger partial charge in [0.15, 0.2) is 0 Å². The van der Waals surface area contributed by atoms with Crippen molar-refractivity contribution >= 4 is 23.1 Å². The van der Waals surface area contributed by atoms with Crippen molar-refractivity contribution in [3.63, 3.8) is 0 Å². The third kappa shape index (κ3) is 3.29. The minimum Gasteiger partial charge on any atom is -0.449 e. The van der Waals surface area contributed by atoms with Crippen molar-refractivity contribution in [2.24, 2.45) is 5.73 Å². The summed E-state index contributed by atoms with van der Waals surface area (Å²) in [6.07, 6.45) is 0. The lowest BCUT2D eigenvalue weighted by Gasteiger charge is -2.11. The van der Waals surface area contributed by atoms with Crippen LogP contribution in [0.4, 0.5) is 5.69 Å². The first-order valence-corrected chi connectivity index (χ1v) is 6.33. The Balaban J connectivity index is 2.50. The number of hydrogen-bond acceptors (Lipinski definition) is 4. The van der Waals surface area contributed by atoms with Crippen LogP contribution < -0.4 is 10.5 Å². The fraction of sp³-hybridized carbons (Fsp3) is 0.0714. The van der Waals surface area contributed by atoms with Crippen LogP contribution in [0.5, 0.6) is 11.5 Å². The molecule has 0 fully saturated rings. The molecule has 0 amide bonds. The van der Waals surface area contributed by atoms with Crippen LogP contribution in [0.2, 0.25) is 5.02 Å². The van der Waals surface area contributed by atoms with E-state index in [4.69, 9.17) is 27.5 Å². The summed E-state index contributed by atoms with van der Waals surface area (Å²) in [7, 11) is 0. The highest BCUT2D eigenvalue weighted by molar-refractivity contribution is 6.30. The minimum absolute atomic E-state index is 0.00106. The fourth-order valence-corrected chi connectivity index (χ4v) is 1.94. The van der Waals surface area contributed by atoms with E-state index in [0.717, 1.165) is 5.56 Å². The van der Waals surface area contributed by atoms with Crippen molar-refractivity contribution in [2.75, 3.05) is 0 Å². The molecule has 2 aromatic carbocycles. The zero-order chi connectivity index (χ0) is 15.6. The molecule has 2 rings (SSSR count). The van der Waals surface area contributed by atoms with Crippen LogP contribution >= 0.6 is 11.6 Å². The molecular formula is C14H12ClN3O3. The number of nitrogens with zero attached hydrogens (tertiary/aromatic N) is 1. The summed E-state index contributed by atoms with van der Waals surface area (Å²) in [6, 6.07) is 9.07. The maximum Gasteiger partial charge on any atom is 0.311 e. The van der Waals surface area contributed by atoms with Crippen LogP contribution in [-0.4, -0.2) is 10.8 Å². The van der Waals surface area contributed by atoms with E-state index < -0.39 is 4.92 Å². The van der Waals surface area contributed by atoms with Gasteiger partial charge >= 0.3 is 5.69 Å². The summed E-state index contributed by atoms with van der Waals surface area (Å²) < 4.78 is 5.55. The standard InChI is InChI=1S/C14H12ClN3O3/c1-8-2-5-12(10(6-8)14(16)17)21-13-7-9(15)3-4-11(13)18(19)20/h2-7H,1H3,(H3,16,17). The molecule has 0 atom stereocenters. The maximum atomic E-state index is 11.0. The van der Waals surface area contributed by atoms with Crippen LogP contribution in [-0.2, 0) is 0 Å². The quantitative estimate of drug-likeness (QED) is 0.389. The van der Waals surface area contributed by atoms with Crippen LogP contribution in [0.3, 0.4) is 0 Å². The Morgan fingerprint density at radius 1 is 1.29 bits per heavy atom.